The van der Waals surface area contributed by atoms with Gasteiger partial charge in [-0.1, -0.05) is 60.7 Å². The molecule has 7 N–H and O–H groups in total. The molecule has 1 unspecified atom stereocenters. The summed E-state index contributed by atoms with van der Waals surface area (Å²) in [6.45, 7) is 0. The lowest BCUT2D eigenvalue weighted by molar-refractivity contribution is 0.931. The highest BCUT2D eigenvalue weighted by Gasteiger charge is 2.31. The molecule has 5 aromatic rings. The highest BCUT2D eigenvalue weighted by Crippen LogP contribution is 2.52. The van der Waals surface area contributed by atoms with Gasteiger partial charge in [-0.05, 0) is 47.0 Å². The summed E-state index contributed by atoms with van der Waals surface area (Å²) in [5.74, 6) is 0. The molecular formula is C33H23N7S. The minimum absolute atomic E-state index is 0.265. The molecule has 0 spiro atoms. The zero-order valence-corrected chi connectivity index (χ0v) is 22.5. The summed E-state index contributed by atoms with van der Waals surface area (Å²) >= 11 is 5.23. The number of benzene rings is 5. The zero-order valence-electron chi connectivity index (χ0n) is 21.7. The summed E-state index contributed by atoms with van der Waals surface area (Å²) in [6.07, 6.45) is 0. The number of nitrogens with two attached hydrogens (primary N) is 3. The number of anilines is 4. The second kappa shape index (κ2) is 10.1. The molecule has 1 atom stereocenters. The number of nitrogen functional groups attached to an aromatic ring is 3. The van der Waals surface area contributed by atoms with Crippen LogP contribution in [0.2, 0.25) is 0 Å². The van der Waals surface area contributed by atoms with E-state index in [1.807, 2.05) is 60.7 Å². The van der Waals surface area contributed by atoms with Gasteiger partial charge in [0, 0.05) is 57.3 Å². The van der Waals surface area contributed by atoms with Crippen LogP contribution in [-0.2, 0) is 12.4 Å². The predicted molar refractivity (Wildman–Crippen MR) is 167 cm³/mol. The Morgan fingerprint density at radius 1 is 0.732 bits per heavy atom. The van der Waals surface area contributed by atoms with Gasteiger partial charge in [-0.15, -0.1) is 0 Å². The van der Waals surface area contributed by atoms with Crippen molar-refractivity contribution in [3.8, 4) is 45.5 Å². The Kier molecular flexibility index (Phi) is 6.31. The highest BCUT2D eigenvalue weighted by molar-refractivity contribution is 7.47. The number of hydrogen-bond acceptors (Lipinski definition) is 8. The van der Waals surface area contributed by atoms with Gasteiger partial charge in [0.1, 0.15) is 5.69 Å². The van der Waals surface area contributed by atoms with Crippen molar-refractivity contribution < 1.29 is 0 Å². The Hall–Kier alpha value is -5.70. The number of fused-ring (bicyclic) bond motifs is 3. The van der Waals surface area contributed by atoms with Gasteiger partial charge in [0.2, 0.25) is 0 Å². The first-order valence-electron chi connectivity index (χ1n) is 12.8. The molecule has 0 bridgehead atoms. The average molecular weight is 550 g/mol. The van der Waals surface area contributed by atoms with Crippen LogP contribution >= 0.6 is 0 Å². The summed E-state index contributed by atoms with van der Waals surface area (Å²) in [7, 11) is 0. The molecule has 1 aliphatic rings. The van der Waals surface area contributed by atoms with Gasteiger partial charge < -0.3 is 22.5 Å². The normalized spacial score (nSPS) is 13.2. The van der Waals surface area contributed by atoms with E-state index in [9.17, 15) is 10.5 Å². The molecule has 0 amide bonds. The van der Waals surface area contributed by atoms with Crippen molar-refractivity contribution in [2.75, 3.05) is 22.5 Å². The Morgan fingerprint density at radius 2 is 1.44 bits per heavy atom. The first-order valence-corrected chi connectivity index (χ1v) is 13.2. The van der Waals surface area contributed by atoms with Crippen LogP contribution in [0.5, 0.6) is 0 Å². The van der Waals surface area contributed by atoms with Gasteiger partial charge in [-0.25, -0.2) is 0 Å². The molecule has 6 rings (SSSR count). The Labute approximate surface area is 242 Å². The van der Waals surface area contributed by atoms with Crippen LogP contribution in [0.1, 0.15) is 28.3 Å². The smallest absolute Gasteiger partial charge is 0.108 e. The fourth-order valence-electron chi connectivity index (χ4n) is 5.63. The molecular weight excluding hydrogens is 526 g/mol. The van der Waals surface area contributed by atoms with Gasteiger partial charge in [0.05, 0.1) is 35.0 Å². The molecule has 5 aromatic carbocycles. The number of nitrogens with zero attached hydrogens (tertiary/aromatic N) is 3. The van der Waals surface area contributed by atoms with Crippen molar-refractivity contribution in [3.63, 3.8) is 0 Å². The molecule has 0 saturated carbocycles. The van der Waals surface area contributed by atoms with E-state index in [1.165, 1.54) is 0 Å². The molecule has 41 heavy (non-hydrogen) atoms. The molecule has 8 heteroatoms. The third-order valence-electron chi connectivity index (χ3n) is 7.45. The molecule has 0 fully saturated rings. The Morgan fingerprint density at radius 3 is 2.12 bits per heavy atom. The lowest BCUT2D eigenvalue weighted by atomic mass is 9.81. The van der Waals surface area contributed by atoms with Crippen molar-refractivity contribution in [1.82, 2.24) is 0 Å². The van der Waals surface area contributed by atoms with Crippen molar-refractivity contribution in [3.05, 3.63) is 113 Å². The van der Waals surface area contributed by atoms with Gasteiger partial charge in [0.15, 0.2) is 0 Å². The van der Waals surface area contributed by atoms with E-state index in [0.717, 1.165) is 33.5 Å². The highest BCUT2D eigenvalue weighted by atomic mass is 32.1. The van der Waals surface area contributed by atoms with E-state index in [4.69, 9.17) is 29.6 Å². The van der Waals surface area contributed by atoms with Gasteiger partial charge in [-0.2, -0.15) is 14.9 Å². The fraction of sp³-hybridized carbons (Fsp3) is 0.0303. The maximum atomic E-state index is 9.82. The summed E-state index contributed by atoms with van der Waals surface area (Å²) in [5, 5.41) is 22.8. The molecule has 0 aromatic heterocycles. The minimum Gasteiger partial charge on any atom is -0.398 e. The molecule has 0 aliphatic carbocycles. The second-order valence-corrected chi connectivity index (χ2v) is 9.97. The van der Waals surface area contributed by atoms with Crippen LogP contribution in [0.3, 0.4) is 0 Å². The van der Waals surface area contributed by atoms with E-state index < -0.39 is 0 Å². The van der Waals surface area contributed by atoms with Crippen molar-refractivity contribution in [2.24, 2.45) is 4.36 Å². The van der Waals surface area contributed by atoms with Crippen molar-refractivity contribution >= 4 is 40.9 Å². The molecule has 196 valence electrons. The lowest BCUT2D eigenvalue weighted by Crippen LogP contribution is -2.19. The van der Waals surface area contributed by atoms with Crippen molar-refractivity contribution in [1.29, 1.82) is 10.5 Å². The number of hydrogen-bond donors (Lipinski definition) is 4. The first kappa shape index (κ1) is 25.6. The van der Waals surface area contributed by atoms with E-state index >= 15 is 0 Å². The molecule has 1 aliphatic heterocycles. The summed E-state index contributed by atoms with van der Waals surface area (Å²) in [5.41, 5.74) is 29.6. The monoisotopic (exact) mass is 549 g/mol. The number of nitrogens with one attached hydrogen (secondary N) is 1. The lowest BCUT2D eigenvalue weighted by Gasteiger charge is -2.33. The average Bonchev–Trinajstić information content (AvgIpc) is 3.00. The standard InChI is InChI=1S/C33H23N7S/c34-16-18-12-26(36)29(27(37)13-18)20-10-11-23-28(14-20)39-32(19-6-2-1-3-7-19)25-15-24(33(40-41)31(38)30(23)25)22-9-5-4-8-21(22)17-35/h1-15,32,39H,36-38H2. The van der Waals surface area contributed by atoms with Crippen LogP contribution in [0.4, 0.5) is 28.4 Å². The topological polar surface area (TPSA) is 150 Å². The SMILES string of the molecule is N#Cc1cc(N)c(-c2ccc3c(c2)NC(c2ccccc2)c2cc(-c4ccccc4C#N)c(N=S)c(N)c2-3)c(N)c1. The fourth-order valence-corrected chi connectivity index (χ4v) is 5.82. The zero-order chi connectivity index (χ0) is 28.7. The third-order valence-corrected chi connectivity index (χ3v) is 7.63. The van der Waals surface area contributed by atoms with Crippen LogP contribution in [0.15, 0.2) is 95.4 Å². The third kappa shape index (κ3) is 4.20. The van der Waals surface area contributed by atoms with Crippen molar-refractivity contribution in [2.45, 2.75) is 6.04 Å². The Bertz CT molecular complexity index is 1930. The van der Waals surface area contributed by atoms with Crippen LogP contribution in [0.25, 0.3) is 33.4 Å². The summed E-state index contributed by atoms with van der Waals surface area (Å²) < 4.78 is 4.17. The van der Waals surface area contributed by atoms with E-state index in [-0.39, 0.29) is 6.04 Å². The minimum atomic E-state index is -0.265. The van der Waals surface area contributed by atoms with Gasteiger partial charge in [0.25, 0.3) is 0 Å². The predicted octanol–water partition coefficient (Wildman–Crippen LogP) is 7.05. The quantitative estimate of drug-likeness (QED) is 0.175. The molecule has 0 radical (unpaired) electrons. The first-order chi connectivity index (χ1) is 19.9. The van der Waals surface area contributed by atoms with E-state index in [0.29, 0.717) is 50.6 Å². The molecule has 0 saturated heterocycles. The number of rotatable bonds is 4. The van der Waals surface area contributed by atoms with E-state index in [2.05, 4.69) is 34.0 Å². The maximum absolute atomic E-state index is 9.82. The maximum Gasteiger partial charge on any atom is 0.108 e. The van der Waals surface area contributed by atoms with Crippen LogP contribution in [0, 0.1) is 22.7 Å². The number of nitriles is 2. The van der Waals surface area contributed by atoms with Gasteiger partial charge in [-0.3, -0.25) is 0 Å². The van der Waals surface area contributed by atoms with E-state index in [1.54, 1.807) is 18.2 Å². The summed E-state index contributed by atoms with van der Waals surface area (Å²) in [4.78, 5) is 0. The second-order valence-electron chi connectivity index (χ2n) is 9.79. The molecule has 1 heterocycles. The largest absolute Gasteiger partial charge is 0.398 e. The molecule has 7 nitrogen and oxygen atoms in total. The van der Waals surface area contributed by atoms with Gasteiger partial charge >= 0.3 is 0 Å². The summed E-state index contributed by atoms with van der Waals surface area (Å²) in [6, 6.07) is 32.7. The Balaban J connectivity index is 1.62. The van der Waals surface area contributed by atoms with Crippen LogP contribution < -0.4 is 22.5 Å². The van der Waals surface area contributed by atoms with Crippen LogP contribution in [-0.4, -0.2) is 0 Å².